The molecule has 0 fully saturated rings. The summed E-state index contributed by atoms with van der Waals surface area (Å²) in [6.45, 7) is 8.46. The fourth-order valence-corrected chi connectivity index (χ4v) is 3.29. The Hall–Kier alpha value is -2.17. The third-order valence-corrected chi connectivity index (χ3v) is 4.80. The van der Waals surface area contributed by atoms with E-state index in [0.717, 1.165) is 48.3 Å². The third-order valence-electron chi connectivity index (χ3n) is 3.94. The lowest BCUT2D eigenvalue weighted by atomic mass is 10.1. The van der Waals surface area contributed by atoms with E-state index in [0.29, 0.717) is 0 Å². The highest BCUT2D eigenvalue weighted by Crippen LogP contribution is 2.26. The molecule has 0 saturated heterocycles. The number of rotatable bonds is 8. The van der Waals surface area contributed by atoms with Crippen LogP contribution in [0.3, 0.4) is 0 Å². The zero-order valence-electron chi connectivity index (χ0n) is 13.9. The number of oxazole rings is 1. The van der Waals surface area contributed by atoms with Crippen molar-refractivity contribution in [2.24, 2.45) is 0 Å². The van der Waals surface area contributed by atoms with Crippen molar-refractivity contribution in [2.45, 2.75) is 19.9 Å². The van der Waals surface area contributed by atoms with Crippen LogP contribution in [0.2, 0.25) is 0 Å². The first-order valence-electron chi connectivity index (χ1n) is 8.13. The summed E-state index contributed by atoms with van der Waals surface area (Å²) in [4.78, 5) is 8.12. The zero-order chi connectivity index (χ0) is 16.8. The highest BCUT2D eigenvalue weighted by molar-refractivity contribution is 7.13. The summed E-state index contributed by atoms with van der Waals surface area (Å²) >= 11 is 1.65. The number of nitrogens with zero attached hydrogens (tertiary/aromatic N) is 2. The van der Waals surface area contributed by atoms with Gasteiger partial charge in [0, 0.05) is 19.6 Å². The van der Waals surface area contributed by atoms with Crippen LogP contribution in [0.5, 0.6) is 0 Å². The van der Waals surface area contributed by atoms with E-state index < -0.39 is 0 Å². The van der Waals surface area contributed by atoms with Gasteiger partial charge in [-0.25, -0.2) is 4.98 Å². The van der Waals surface area contributed by atoms with Crippen molar-refractivity contribution < 1.29 is 4.42 Å². The minimum atomic E-state index is 0.721. The molecular formula is C20H22N2OS. The van der Waals surface area contributed by atoms with Crippen LogP contribution in [0.25, 0.3) is 10.8 Å². The molecule has 0 aliphatic carbocycles. The molecule has 0 amide bonds. The Morgan fingerprint density at radius 3 is 2.75 bits per heavy atom. The lowest BCUT2D eigenvalue weighted by Gasteiger charge is -2.19. The van der Waals surface area contributed by atoms with E-state index >= 15 is 0 Å². The van der Waals surface area contributed by atoms with Gasteiger partial charge >= 0.3 is 0 Å². The molecule has 0 radical (unpaired) electrons. The van der Waals surface area contributed by atoms with Crippen LogP contribution in [0.1, 0.15) is 17.0 Å². The molecule has 0 N–H and O–H groups in total. The van der Waals surface area contributed by atoms with Crippen LogP contribution in [0.15, 0.2) is 64.9 Å². The van der Waals surface area contributed by atoms with Crippen LogP contribution >= 0.6 is 11.3 Å². The summed E-state index contributed by atoms with van der Waals surface area (Å²) in [6.07, 6.45) is 2.96. The minimum Gasteiger partial charge on any atom is -0.440 e. The van der Waals surface area contributed by atoms with Crippen LogP contribution in [0, 0.1) is 6.92 Å². The summed E-state index contributed by atoms with van der Waals surface area (Å²) in [7, 11) is 0. The Morgan fingerprint density at radius 1 is 1.21 bits per heavy atom. The Bertz CT molecular complexity index is 762. The number of thiophene rings is 1. The molecule has 3 aromatic rings. The molecule has 0 aliphatic rings. The fraction of sp³-hybridized carbons (Fsp3) is 0.250. The second-order valence-corrected chi connectivity index (χ2v) is 6.71. The molecule has 0 atom stereocenters. The molecule has 0 spiro atoms. The zero-order valence-corrected chi connectivity index (χ0v) is 14.8. The lowest BCUT2D eigenvalue weighted by molar-refractivity contribution is 0.293. The van der Waals surface area contributed by atoms with E-state index in [1.54, 1.807) is 11.3 Å². The minimum absolute atomic E-state index is 0.721. The summed E-state index contributed by atoms with van der Waals surface area (Å²) < 4.78 is 5.85. The standard InChI is InChI=1S/C20H22N2OS/c1-3-12-22(13-11-17-8-5-4-6-9-17)15-18-16(2)23-20(21-18)19-10-7-14-24-19/h3-10,14H,1,11-13,15H2,2H3. The number of hydrogen-bond donors (Lipinski definition) is 0. The van der Waals surface area contributed by atoms with Gasteiger partial charge in [-0.2, -0.15) is 0 Å². The fourth-order valence-electron chi connectivity index (χ4n) is 2.64. The molecule has 2 heterocycles. The number of hydrogen-bond acceptors (Lipinski definition) is 4. The molecule has 0 bridgehead atoms. The molecule has 0 unspecified atom stereocenters. The van der Waals surface area contributed by atoms with Crippen molar-refractivity contribution in [3.8, 4) is 10.8 Å². The molecule has 3 rings (SSSR count). The molecule has 1 aromatic carbocycles. The van der Waals surface area contributed by atoms with Crippen LogP contribution in [-0.2, 0) is 13.0 Å². The Labute approximate surface area is 147 Å². The molecule has 124 valence electrons. The van der Waals surface area contributed by atoms with Crippen molar-refractivity contribution in [1.29, 1.82) is 0 Å². The predicted octanol–water partition coefficient (Wildman–Crippen LogP) is 4.94. The largest absolute Gasteiger partial charge is 0.440 e. The summed E-state index contributed by atoms with van der Waals surface area (Å²) in [5.41, 5.74) is 2.36. The molecule has 24 heavy (non-hydrogen) atoms. The van der Waals surface area contributed by atoms with Crippen molar-refractivity contribution >= 4 is 11.3 Å². The SMILES string of the molecule is C=CCN(CCc1ccccc1)Cc1nc(-c2cccs2)oc1C. The highest BCUT2D eigenvalue weighted by atomic mass is 32.1. The molecule has 3 nitrogen and oxygen atoms in total. The van der Waals surface area contributed by atoms with Crippen LogP contribution in [-0.4, -0.2) is 23.0 Å². The van der Waals surface area contributed by atoms with Gasteiger partial charge in [-0.1, -0.05) is 42.5 Å². The predicted molar refractivity (Wildman–Crippen MR) is 100 cm³/mol. The molecular weight excluding hydrogens is 316 g/mol. The van der Waals surface area contributed by atoms with Crippen LogP contribution in [0.4, 0.5) is 0 Å². The van der Waals surface area contributed by atoms with Gasteiger partial charge < -0.3 is 4.42 Å². The maximum absolute atomic E-state index is 5.85. The second kappa shape index (κ2) is 8.08. The summed E-state index contributed by atoms with van der Waals surface area (Å²) in [5.74, 6) is 1.62. The second-order valence-electron chi connectivity index (χ2n) is 5.76. The van der Waals surface area contributed by atoms with Crippen LogP contribution < -0.4 is 0 Å². The van der Waals surface area contributed by atoms with E-state index in [9.17, 15) is 0 Å². The number of aromatic nitrogens is 1. The van der Waals surface area contributed by atoms with Gasteiger partial charge in [-0.15, -0.1) is 17.9 Å². The van der Waals surface area contributed by atoms with Gasteiger partial charge in [0.2, 0.25) is 5.89 Å². The van der Waals surface area contributed by atoms with Gasteiger partial charge in [0.1, 0.15) is 5.76 Å². The highest BCUT2D eigenvalue weighted by Gasteiger charge is 2.15. The van der Waals surface area contributed by atoms with E-state index in [1.165, 1.54) is 5.56 Å². The Balaban J connectivity index is 1.68. The van der Waals surface area contributed by atoms with Gasteiger partial charge in [0.25, 0.3) is 0 Å². The molecule has 4 heteroatoms. The van der Waals surface area contributed by atoms with Crippen molar-refractivity contribution in [3.05, 3.63) is 77.5 Å². The van der Waals surface area contributed by atoms with Crippen molar-refractivity contribution in [1.82, 2.24) is 9.88 Å². The van der Waals surface area contributed by atoms with E-state index in [4.69, 9.17) is 9.40 Å². The lowest BCUT2D eigenvalue weighted by Crippen LogP contribution is -2.26. The first-order chi connectivity index (χ1) is 11.8. The van der Waals surface area contributed by atoms with Gasteiger partial charge in [0.15, 0.2) is 0 Å². The average molecular weight is 338 g/mol. The van der Waals surface area contributed by atoms with Gasteiger partial charge in [0.05, 0.1) is 10.6 Å². The van der Waals surface area contributed by atoms with E-state index in [2.05, 4.69) is 41.8 Å². The van der Waals surface area contributed by atoms with Crippen molar-refractivity contribution in [3.63, 3.8) is 0 Å². The first kappa shape index (κ1) is 16.7. The molecule has 0 saturated carbocycles. The smallest absolute Gasteiger partial charge is 0.236 e. The summed E-state index contributed by atoms with van der Waals surface area (Å²) in [5, 5.41) is 2.04. The van der Waals surface area contributed by atoms with Crippen molar-refractivity contribution in [2.75, 3.05) is 13.1 Å². The maximum atomic E-state index is 5.85. The Morgan fingerprint density at radius 2 is 2.04 bits per heavy atom. The average Bonchev–Trinajstić information content (AvgIpc) is 3.24. The monoisotopic (exact) mass is 338 g/mol. The van der Waals surface area contributed by atoms with E-state index in [-0.39, 0.29) is 0 Å². The van der Waals surface area contributed by atoms with Gasteiger partial charge in [-0.3, -0.25) is 4.90 Å². The van der Waals surface area contributed by atoms with Gasteiger partial charge in [-0.05, 0) is 30.4 Å². The third kappa shape index (κ3) is 4.22. The number of aryl methyl sites for hydroxylation is 1. The first-order valence-corrected chi connectivity index (χ1v) is 9.01. The molecule has 0 aliphatic heterocycles. The maximum Gasteiger partial charge on any atom is 0.236 e. The summed E-state index contributed by atoms with van der Waals surface area (Å²) in [6, 6.07) is 14.6. The van der Waals surface area contributed by atoms with E-state index in [1.807, 2.05) is 30.5 Å². The Kier molecular flexibility index (Phi) is 5.62. The molecule has 2 aromatic heterocycles. The quantitative estimate of drug-likeness (QED) is 0.545. The normalized spacial score (nSPS) is 11.1. The number of benzene rings is 1. The topological polar surface area (TPSA) is 29.3 Å².